The van der Waals surface area contributed by atoms with Crippen molar-refractivity contribution in [3.63, 3.8) is 0 Å². The molecule has 2 aromatic rings. The van der Waals surface area contributed by atoms with Crippen LogP contribution in [-0.2, 0) is 0 Å². The van der Waals surface area contributed by atoms with Gasteiger partial charge < -0.3 is 14.2 Å². The number of nitrogens with one attached hydrogen (secondary N) is 1. The molecule has 21 heavy (non-hydrogen) atoms. The number of hydrogen-bond acceptors (Lipinski definition) is 4. The first-order valence-electron chi connectivity index (χ1n) is 7.14. The summed E-state index contributed by atoms with van der Waals surface area (Å²) in [5.41, 5.74) is 1.35. The van der Waals surface area contributed by atoms with Crippen molar-refractivity contribution >= 4 is 17.0 Å². The molecule has 1 aromatic carbocycles. The molecule has 1 saturated carbocycles. The molecular formula is C15H19N3O3. The van der Waals surface area contributed by atoms with E-state index in [2.05, 4.69) is 16.9 Å². The quantitative estimate of drug-likeness (QED) is 0.900. The second kappa shape index (κ2) is 5.37. The molecule has 112 valence electrons. The summed E-state index contributed by atoms with van der Waals surface area (Å²) in [6, 6.07) is 5.78. The smallest absolute Gasteiger partial charge is 0.408 e. The third kappa shape index (κ3) is 2.85. The van der Waals surface area contributed by atoms with Crippen LogP contribution in [0.2, 0.25) is 0 Å². The van der Waals surface area contributed by atoms with Gasteiger partial charge in [-0.15, -0.1) is 0 Å². The number of amides is 1. The van der Waals surface area contributed by atoms with E-state index in [0.29, 0.717) is 29.2 Å². The number of aromatic amines is 1. The van der Waals surface area contributed by atoms with Crippen molar-refractivity contribution in [1.82, 2.24) is 14.8 Å². The van der Waals surface area contributed by atoms with Crippen molar-refractivity contribution in [2.45, 2.75) is 18.9 Å². The van der Waals surface area contributed by atoms with Crippen LogP contribution in [0.5, 0.6) is 0 Å². The first kappa shape index (κ1) is 13.9. The number of H-pyrrole nitrogens is 1. The van der Waals surface area contributed by atoms with Gasteiger partial charge in [0.25, 0.3) is 5.91 Å². The Kier molecular flexibility index (Phi) is 3.55. The molecule has 0 spiro atoms. The Morgan fingerprint density at radius 2 is 2.10 bits per heavy atom. The van der Waals surface area contributed by atoms with E-state index in [4.69, 9.17) is 4.42 Å². The van der Waals surface area contributed by atoms with Gasteiger partial charge >= 0.3 is 5.76 Å². The lowest BCUT2D eigenvalue weighted by molar-refractivity contribution is 0.0783. The molecule has 1 heterocycles. The summed E-state index contributed by atoms with van der Waals surface area (Å²) < 4.78 is 4.99. The van der Waals surface area contributed by atoms with Gasteiger partial charge in [0, 0.05) is 26.2 Å². The van der Waals surface area contributed by atoms with Gasteiger partial charge in [0.2, 0.25) is 0 Å². The minimum absolute atomic E-state index is 0.109. The van der Waals surface area contributed by atoms with Gasteiger partial charge in [0.05, 0.1) is 11.1 Å². The molecule has 6 heteroatoms. The maximum atomic E-state index is 12.5. The summed E-state index contributed by atoms with van der Waals surface area (Å²) in [5, 5.41) is 0. The van der Waals surface area contributed by atoms with Gasteiger partial charge in [-0.25, -0.2) is 4.79 Å². The number of hydrogen-bond donors (Lipinski definition) is 1. The zero-order valence-electron chi connectivity index (χ0n) is 12.3. The van der Waals surface area contributed by atoms with Crippen LogP contribution < -0.4 is 5.76 Å². The first-order chi connectivity index (χ1) is 10.1. The van der Waals surface area contributed by atoms with Crippen LogP contribution in [-0.4, -0.2) is 53.9 Å². The fraction of sp³-hybridized carbons (Fsp3) is 0.467. The van der Waals surface area contributed by atoms with E-state index in [1.807, 2.05) is 0 Å². The van der Waals surface area contributed by atoms with E-state index >= 15 is 0 Å². The first-order valence-corrected chi connectivity index (χ1v) is 7.14. The van der Waals surface area contributed by atoms with Gasteiger partial charge in [-0.1, -0.05) is 6.07 Å². The number of para-hydroxylation sites is 1. The fourth-order valence-corrected chi connectivity index (χ4v) is 2.46. The minimum atomic E-state index is -0.540. The van der Waals surface area contributed by atoms with Gasteiger partial charge in [0.15, 0.2) is 5.58 Å². The van der Waals surface area contributed by atoms with Crippen LogP contribution >= 0.6 is 0 Å². The lowest BCUT2D eigenvalue weighted by Gasteiger charge is -2.22. The largest absolute Gasteiger partial charge is 0.417 e. The third-order valence-electron chi connectivity index (χ3n) is 3.99. The Labute approximate surface area is 122 Å². The zero-order valence-corrected chi connectivity index (χ0v) is 12.3. The van der Waals surface area contributed by atoms with E-state index in [9.17, 15) is 9.59 Å². The summed E-state index contributed by atoms with van der Waals surface area (Å²) in [5.74, 6) is -0.650. The SMILES string of the molecule is CN(CCN(C)C1CC1)C(=O)c1cccc2oc(=O)[nH]c12. The molecule has 1 aromatic heterocycles. The number of benzene rings is 1. The van der Waals surface area contributed by atoms with E-state index in [0.717, 1.165) is 6.54 Å². The molecule has 0 radical (unpaired) electrons. The molecule has 0 atom stereocenters. The Morgan fingerprint density at radius 3 is 2.81 bits per heavy atom. The van der Waals surface area contributed by atoms with Crippen LogP contribution in [0.4, 0.5) is 0 Å². The van der Waals surface area contributed by atoms with Crippen LogP contribution in [0, 0.1) is 0 Å². The standard InChI is InChI=1S/C15H19N3O3/c1-17(10-6-7-10)8-9-18(2)14(19)11-4-3-5-12-13(11)16-15(20)21-12/h3-5,10H,6-9H2,1-2H3,(H,16,20). The van der Waals surface area contributed by atoms with Crippen LogP contribution in [0.25, 0.3) is 11.1 Å². The van der Waals surface area contributed by atoms with Gasteiger partial charge in [-0.05, 0) is 32.0 Å². The van der Waals surface area contributed by atoms with Gasteiger partial charge in [-0.2, -0.15) is 0 Å². The Bertz CT molecular complexity index is 714. The van der Waals surface area contributed by atoms with E-state index in [1.54, 1.807) is 30.1 Å². The number of aromatic nitrogens is 1. The molecule has 3 rings (SSSR count). The number of oxazole rings is 1. The summed E-state index contributed by atoms with van der Waals surface area (Å²) in [6.07, 6.45) is 2.51. The van der Waals surface area contributed by atoms with Gasteiger partial charge in [-0.3, -0.25) is 9.78 Å². The lowest BCUT2D eigenvalue weighted by Crippen LogP contribution is -2.35. The predicted octanol–water partition coefficient (Wildman–Crippen LogP) is 1.29. The van der Waals surface area contributed by atoms with Crippen molar-refractivity contribution in [3.05, 3.63) is 34.3 Å². The van der Waals surface area contributed by atoms with Crippen LogP contribution in [0.1, 0.15) is 23.2 Å². The summed E-state index contributed by atoms with van der Waals surface area (Å²) in [6.45, 7) is 1.51. The number of carbonyl (C=O) groups excluding carboxylic acids is 1. The highest BCUT2D eigenvalue weighted by Crippen LogP contribution is 2.25. The second-order valence-corrected chi connectivity index (χ2v) is 5.63. The number of carbonyl (C=O) groups is 1. The molecule has 0 aliphatic heterocycles. The summed E-state index contributed by atoms with van der Waals surface area (Å²) >= 11 is 0. The fourth-order valence-electron chi connectivity index (χ4n) is 2.46. The number of likely N-dealkylation sites (N-methyl/N-ethyl adjacent to an activating group) is 2. The maximum Gasteiger partial charge on any atom is 0.417 e. The highest BCUT2D eigenvalue weighted by atomic mass is 16.4. The maximum absolute atomic E-state index is 12.5. The topological polar surface area (TPSA) is 69.5 Å². The minimum Gasteiger partial charge on any atom is -0.408 e. The number of fused-ring (bicyclic) bond motifs is 1. The van der Waals surface area contributed by atoms with E-state index in [1.165, 1.54) is 12.8 Å². The third-order valence-corrected chi connectivity index (χ3v) is 3.99. The summed E-state index contributed by atoms with van der Waals surface area (Å²) in [7, 11) is 3.87. The number of rotatable bonds is 5. The average molecular weight is 289 g/mol. The molecule has 1 fully saturated rings. The Balaban J connectivity index is 1.74. The van der Waals surface area contributed by atoms with E-state index in [-0.39, 0.29) is 5.91 Å². The van der Waals surface area contributed by atoms with Crippen molar-refractivity contribution in [1.29, 1.82) is 0 Å². The van der Waals surface area contributed by atoms with Crippen molar-refractivity contribution in [2.24, 2.45) is 0 Å². The molecular weight excluding hydrogens is 270 g/mol. The van der Waals surface area contributed by atoms with E-state index < -0.39 is 5.76 Å². The molecule has 1 N–H and O–H groups in total. The predicted molar refractivity (Wildman–Crippen MR) is 79.4 cm³/mol. The molecule has 0 unspecified atom stereocenters. The van der Waals surface area contributed by atoms with Crippen LogP contribution in [0.3, 0.4) is 0 Å². The molecule has 0 saturated heterocycles. The monoisotopic (exact) mass is 289 g/mol. The molecule has 0 bridgehead atoms. The molecule has 1 aliphatic rings. The lowest BCUT2D eigenvalue weighted by atomic mass is 10.1. The normalized spacial score (nSPS) is 14.8. The zero-order chi connectivity index (χ0) is 15.0. The van der Waals surface area contributed by atoms with Crippen molar-refractivity contribution in [2.75, 3.05) is 27.2 Å². The molecule has 6 nitrogen and oxygen atoms in total. The van der Waals surface area contributed by atoms with Crippen molar-refractivity contribution in [3.8, 4) is 0 Å². The second-order valence-electron chi connectivity index (χ2n) is 5.63. The Morgan fingerprint density at radius 1 is 1.33 bits per heavy atom. The summed E-state index contributed by atoms with van der Waals surface area (Å²) in [4.78, 5) is 30.3. The molecule has 1 aliphatic carbocycles. The number of nitrogens with zero attached hydrogens (tertiary/aromatic N) is 2. The van der Waals surface area contributed by atoms with Gasteiger partial charge in [0.1, 0.15) is 0 Å². The van der Waals surface area contributed by atoms with Crippen molar-refractivity contribution < 1.29 is 9.21 Å². The average Bonchev–Trinajstić information content (AvgIpc) is 3.24. The highest BCUT2D eigenvalue weighted by Gasteiger charge is 2.26. The molecule has 1 amide bonds. The highest BCUT2D eigenvalue weighted by molar-refractivity contribution is 6.04. The van der Waals surface area contributed by atoms with Crippen LogP contribution in [0.15, 0.2) is 27.4 Å². The Hall–Kier alpha value is -2.08.